The molecule has 0 spiro atoms. The van der Waals surface area contributed by atoms with Crippen molar-refractivity contribution in [2.24, 2.45) is 0 Å². The zero-order valence-electron chi connectivity index (χ0n) is 14.2. The van der Waals surface area contributed by atoms with Gasteiger partial charge in [-0.05, 0) is 75.8 Å². The molecule has 1 saturated heterocycles. The van der Waals surface area contributed by atoms with E-state index in [0.29, 0.717) is 0 Å². The Balaban J connectivity index is 1.91. The molecule has 1 aliphatic heterocycles. The summed E-state index contributed by atoms with van der Waals surface area (Å²) in [6.07, 6.45) is 3.36. The third-order valence-corrected chi connectivity index (χ3v) is 5.16. The molecule has 0 amide bonds. The number of aryl methyl sites for hydroxylation is 1. The number of rotatable bonds is 2. The summed E-state index contributed by atoms with van der Waals surface area (Å²) in [5, 5.41) is 0. The number of ether oxygens (including phenoxy) is 1. The SMILES string of the molecule is COc1ccc2c(c1)C(=CB1OC(C)(C)C(C)(C)O1)CCC2. The highest BCUT2D eigenvalue weighted by molar-refractivity contribution is 6.53. The first-order valence-electron chi connectivity index (χ1n) is 8.06. The Labute approximate surface area is 133 Å². The van der Waals surface area contributed by atoms with Gasteiger partial charge < -0.3 is 14.0 Å². The summed E-state index contributed by atoms with van der Waals surface area (Å²) >= 11 is 0. The molecule has 1 aromatic rings. The Morgan fingerprint density at radius 3 is 2.41 bits per heavy atom. The first kappa shape index (κ1) is 15.6. The van der Waals surface area contributed by atoms with Crippen molar-refractivity contribution in [3.8, 4) is 5.75 Å². The zero-order valence-corrected chi connectivity index (χ0v) is 14.2. The van der Waals surface area contributed by atoms with Gasteiger partial charge in [-0.25, -0.2) is 0 Å². The maximum Gasteiger partial charge on any atom is 0.487 e. The van der Waals surface area contributed by atoms with Gasteiger partial charge in [0.15, 0.2) is 0 Å². The van der Waals surface area contributed by atoms with E-state index >= 15 is 0 Å². The molecule has 1 heterocycles. The van der Waals surface area contributed by atoms with E-state index in [1.54, 1.807) is 7.11 Å². The second-order valence-electron chi connectivity index (χ2n) is 7.19. The van der Waals surface area contributed by atoms with Crippen LogP contribution in [0.3, 0.4) is 0 Å². The lowest BCUT2D eigenvalue weighted by Crippen LogP contribution is -2.41. The van der Waals surface area contributed by atoms with Crippen LogP contribution >= 0.6 is 0 Å². The normalized spacial score (nSPS) is 24.4. The summed E-state index contributed by atoms with van der Waals surface area (Å²) in [4.78, 5) is 0. The fourth-order valence-electron chi connectivity index (χ4n) is 3.10. The summed E-state index contributed by atoms with van der Waals surface area (Å²) in [6, 6.07) is 6.34. The standard InChI is InChI=1S/C18H25BO3/c1-17(2)18(3,4)22-19(21-17)12-14-8-6-7-13-9-10-15(20-5)11-16(13)14/h9-12H,6-8H2,1-5H3. The van der Waals surface area contributed by atoms with E-state index in [1.165, 1.54) is 23.1 Å². The van der Waals surface area contributed by atoms with Crippen molar-refractivity contribution in [1.82, 2.24) is 0 Å². The number of benzene rings is 1. The first-order valence-corrected chi connectivity index (χ1v) is 8.06. The summed E-state index contributed by atoms with van der Waals surface area (Å²) < 4.78 is 17.6. The maximum absolute atomic E-state index is 6.11. The van der Waals surface area contributed by atoms with Gasteiger partial charge in [-0.1, -0.05) is 12.0 Å². The van der Waals surface area contributed by atoms with Crippen LogP contribution in [0.25, 0.3) is 5.57 Å². The van der Waals surface area contributed by atoms with Crippen LogP contribution in [0.5, 0.6) is 5.75 Å². The molecule has 22 heavy (non-hydrogen) atoms. The van der Waals surface area contributed by atoms with E-state index in [-0.39, 0.29) is 18.3 Å². The third kappa shape index (κ3) is 2.70. The molecule has 3 rings (SSSR count). The summed E-state index contributed by atoms with van der Waals surface area (Å²) in [5.41, 5.74) is 3.38. The van der Waals surface area contributed by atoms with Crippen LogP contribution in [0.4, 0.5) is 0 Å². The van der Waals surface area contributed by atoms with E-state index in [4.69, 9.17) is 14.0 Å². The van der Waals surface area contributed by atoms with Gasteiger partial charge in [0.2, 0.25) is 0 Å². The van der Waals surface area contributed by atoms with E-state index in [9.17, 15) is 0 Å². The lowest BCUT2D eigenvalue weighted by Gasteiger charge is -2.32. The minimum absolute atomic E-state index is 0.280. The fourth-order valence-corrected chi connectivity index (χ4v) is 3.10. The van der Waals surface area contributed by atoms with Gasteiger partial charge in [0.1, 0.15) is 5.75 Å². The molecule has 0 saturated carbocycles. The van der Waals surface area contributed by atoms with Gasteiger partial charge in [0.05, 0.1) is 18.3 Å². The van der Waals surface area contributed by atoms with Crippen LogP contribution in [0.15, 0.2) is 24.2 Å². The number of hydrogen-bond acceptors (Lipinski definition) is 3. The second-order valence-corrected chi connectivity index (χ2v) is 7.19. The van der Waals surface area contributed by atoms with Crippen LogP contribution in [0, 0.1) is 0 Å². The quantitative estimate of drug-likeness (QED) is 0.771. The van der Waals surface area contributed by atoms with Crippen molar-refractivity contribution in [3.05, 3.63) is 35.3 Å². The predicted octanol–water partition coefficient (Wildman–Crippen LogP) is 4.05. The van der Waals surface area contributed by atoms with Gasteiger partial charge in [0, 0.05) is 0 Å². The van der Waals surface area contributed by atoms with Crippen molar-refractivity contribution >= 4 is 12.7 Å². The Kier molecular flexibility index (Phi) is 3.86. The summed E-state index contributed by atoms with van der Waals surface area (Å²) in [5.74, 6) is 3.05. The highest BCUT2D eigenvalue weighted by Gasteiger charge is 2.50. The van der Waals surface area contributed by atoms with E-state index in [2.05, 4.69) is 45.8 Å². The molecular formula is C18H25BO3. The van der Waals surface area contributed by atoms with E-state index < -0.39 is 0 Å². The third-order valence-electron chi connectivity index (χ3n) is 5.16. The molecule has 4 heteroatoms. The summed E-state index contributed by atoms with van der Waals surface area (Å²) in [6.45, 7) is 8.35. The number of allylic oxidation sites excluding steroid dienone is 1. The zero-order chi connectivity index (χ0) is 16.0. The second kappa shape index (κ2) is 5.43. The molecule has 0 radical (unpaired) electrons. The van der Waals surface area contributed by atoms with E-state index in [0.717, 1.165) is 18.6 Å². The largest absolute Gasteiger partial charge is 0.497 e. The van der Waals surface area contributed by atoms with E-state index in [1.807, 2.05) is 6.07 Å². The maximum atomic E-state index is 6.11. The van der Waals surface area contributed by atoms with Crippen LogP contribution in [-0.2, 0) is 15.7 Å². The molecule has 1 fully saturated rings. The van der Waals surface area contributed by atoms with Crippen molar-refractivity contribution < 1.29 is 14.0 Å². The van der Waals surface area contributed by atoms with Crippen LogP contribution in [0.2, 0.25) is 0 Å². The molecule has 2 aliphatic rings. The molecule has 0 N–H and O–H groups in total. The minimum atomic E-state index is -0.291. The Bertz CT molecular complexity index is 588. The highest BCUT2D eigenvalue weighted by atomic mass is 16.7. The fraction of sp³-hybridized carbons (Fsp3) is 0.556. The highest BCUT2D eigenvalue weighted by Crippen LogP contribution is 2.39. The smallest absolute Gasteiger partial charge is 0.487 e. The van der Waals surface area contributed by atoms with Crippen molar-refractivity contribution in [2.75, 3.05) is 7.11 Å². The van der Waals surface area contributed by atoms with Crippen molar-refractivity contribution in [2.45, 2.75) is 58.2 Å². The molecule has 0 bridgehead atoms. The van der Waals surface area contributed by atoms with Crippen LogP contribution in [0.1, 0.15) is 51.7 Å². The predicted molar refractivity (Wildman–Crippen MR) is 90.0 cm³/mol. The topological polar surface area (TPSA) is 27.7 Å². The number of fused-ring (bicyclic) bond motifs is 1. The van der Waals surface area contributed by atoms with Gasteiger partial charge in [-0.3, -0.25) is 0 Å². The Morgan fingerprint density at radius 2 is 1.77 bits per heavy atom. The summed E-state index contributed by atoms with van der Waals surface area (Å²) in [7, 11) is 1.43. The molecular weight excluding hydrogens is 275 g/mol. The van der Waals surface area contributed by atoms with Gasteiger partial charge in [-0.2, -0.15) is 0 Å². The van der Waals surface area contributed by atoms with Crippen molar-refractivity contribution in [1.29, 1.82) is 0 Å². The first-order chi connectivity index (χ1) is 10.3. The molecule has 118 valence electrons. The minimum Gasteiger partial charge on any atom is -0.497 e. The van der Waals surface area contributed by atoms with Gasteiger partial charge in [0.25, 0.3) is 0 Å². The van der Waals surface area contributed by atoms with Gasteiger partial charge >= 0.3 is 7.12 Å². The van der Waals surface area contributed by atoms with Gasteiger partial charge in [-0.15, -0.1) is 0 Å². The molecule has 0 aromatic heterocycles. The average molecular weight is 300 g/mol. The Hall–Kier alpha value is -1.26. The van der Waals surface area contributed by atoms with Crippen LogP contribution in [-0.4, -0.2) is 25.4 Å². The number of methoxy groups -OCH3 is 1. The molecule has 1 aromatic carbocycles. The van der Waals surface area contributed by atoms with Crippen molar-refractivity contribution in [3.63, 3.8) is 0 Å². The lowest BCUT2D eigenvalue weighted by atomic mass is 9.79. The molecule has 1 aliphatic carbocycles. The molecule has 0 atom stereocenters. The van der Waals surface area contributed by atoms with Crippen LogP contribution < -0.4 is 4.74 Å². The molecule has 3 nitrogen and oxygen atoms in total. The average Bonchev–Trinajstić information content (AvgIpc) is 2.66. The molecule has 0 unspecified atom stereocenters. The number of hydrogen-bond donors (Lipinski definition) is 0. The Morgan fingerprint density at radius 1 is 1.09 bits per heavy atom. The lowest BCUT2D eigenvalue weighted by molar-refractivity contribution is 0.00578. The monoisotopic (exact) mass is 300 g/mol.